The summed E-state index contributed by atoms with van der Waals surface area (Å²) in [4.78, 5) is 25.4. The average molecular weight is 318 g/mol. The number of para-hydroxylation sites is 1. The van der Waals surface area contributed by atoms with Gasteiger partial charge in [-0.15, -0.1) is 0 Å². The molecule has 0 radical (unpaired) electrons. The molecule has 3 N–H and O–H groups in total. The van der Waals surface area contributed by atoms with Crippen molar-refractivity contribution in [2.24, 2.45) is 5.41 Å². The predicted molar refractivity (Wildman–Crippen MR) is 91.3 cm³/mol. The highest BCUT2D eigenvalue weighted by atomic mass is 16.2. The smallest absolute Gasteiger partial charge is 0.279 e. The summed E-state index contributed by atoms with van der Waals surface area (Å²) in [5, 5.41) is 6.04. The standard InChI is InChI=1S/C18H27N3O2/c1-18(2,3)17(23)20-15-9-11-21(12-10-15)13-16(22)19-14-7-5-4-6-8-14/h4-8,15H,9-13H2,1-3H3,(H,19,22)(H,20,23)/p+1. The molecule has 1 saturated heterocycles. The number of carbonyl (C=O) groups is 2. The van der Waals surface area contributed by atoms with E-state index in [1.54, 1.807) is 0 Å². The lowest BCUT2D eigenvalue weighted by atomic mass is 9.94. The number of piperidine rings is 1. The van der Waals surface area contributed by atoms with E-state index in [9.17, 15) is 9.59 Å². The number of hydrogen-bond acceptors (Lipinski definition) is 2. The second-order valence-corrected chi connectivity index (χ2v) is 7.34. The largest absolute Gasteiger partial charge is 0.352 e. The quantitative estimate of drug-likeness (QED) is 0.770. The highest BCUT2D eigenvalue weighted by molar-refractivity contribution is 5.91. The van der Waals surface area contributed by atoms with Crippen LogP contribution in [0.15, 0.2) is 30.3 Å². The summed E-state index contributed by atoms with van der Waals surface area (Å²) in [6, 6.07) is 9.76. The van der Waals surface area contributed by atoms with Crippen molar-refractivity contribution in [3.05, 3.63) is 30.3 Å². The van der Waals surface area contributed by atoms with Crippen LogP contribution in [-0.4, -0.2) is 37.5 Å². The zero-order valence-electron chi connectivity index (χ0n) is 14.3. The van der Waals surface area contributed by atoms with Gasteiger partial charge in [0.1, 0.15) is 0 Å². The van der Waals surface area contributed by atoms with Crippen molar-refractivity contribution in [1.82, 2.24) is 5.32 Å². The second kappa shape index (κ2) is 7.59. The molecule has 1 aliphatic rings. The fourth-order valence-corrected chi connectivity index (χ4v) is 2.70. The minimum Gasteiger partial charge on any atom is -0.352 e. The van der Waals surface area contributed by atoms with Crippen LogP contribution in [0.25, 0.3) is 0 Å². The second-order valence-electron chi connectivity index (χ2n) is 7.34. The Morgan fingerprint density at radius 2 is 1.74 bits per heavy atom. The number of rotatable bonds is 4. The third kappa shape index (κ3) is 5.67. The number of amides is 2. The first-order valence-corrected chi connectivity index (χ1v) is 8.34. The van der Waals surface area contributed by atoms with E-state index in [4.69, 9.17) is 0 Å². The van der Waals surface area contributed by atoms with Crippen LogP contribution in [0, 0.1) is 5.41 Å². The van der Waals surface area contributed by atoms with Gasteiger partial charge >= 0.3 is 0 Å². The molecule has 0 unspecified atom stereocenters. The predicted octanol–water partition coefficient (Wildman–Crippen LogP) is 0.835. The maximum atomic E-state index is 12.1. The molecule has 1 fully saturated rings. The molecule has 0 bridgehead atoms. The van der Waals surface area contributed by atoms with Crippen LogP contribution in [0.3, 0.4) is 0 Å². The zero-order chi connectivity index (χ0) is 16.9. The summed E-state index contributed by atoms with van der Waals surface area (Å²) in [7, 11) is 0. The van der Waals surface area contributed by atoms with Crippen molar-refractivity contribution in [3.8, 4) is 0 Å². The van der Waals surface area contributed by atoms with E-state index < -0.39 is 0 Å². The Labute approximate surface area is 138 Å². The molecular formula is C18H28N3O2+. The fourth-order valence-electron chi connectivity index (χ4n) is 2.70. The van der Waals surface area contributed by atoms with E-state index >= 15 is 0 Å². The first-order chi connectivity index (χ1) is 10.8. The van der Waals surface area contributed by atoms with Gasteiger partial charge in [0, 0.05) is 30.0 Å². The molecule has 2 amide bonds. The van der Waals surface area contributed by atoms with Gasteiger partial charge in [0.15, 0.2) is 6.54 Å². The van der Waals surface area contributed by atoms with Gasteiger partial charge in [0.2, 0.25) is 5.91 Å². The Kier molecular flexibility index (Phi) is 5.77. The van der Waals surface area contributed by atoms with E-state index in [1.807, 2.05) is 51.1 Å². The SMILES string of the molecule is CC(C)(C)C(=O)NC1CC[NH+](CC(=O)Nc2ccccc2)CC1. The van der Waals surface area contributed by atoms with Crippen LogP contribution >= 0.6 is 0 Å². The van der Waals surface area contributed by atoms with Crippen LogP contribution < -0.4 is 15.5 Å². The summed E-state index contributed by atoms with van der Waals surface area (Å²) in [6.07, 6.45) is 1.85. The molecule has 0 aliphatic carbocycles. The zero-order valence-corrected chi connectivity index (χ0v) is 14.3. The maximum absolute atomic E-state index is 12.1. The Balaban J connectivity index is 1.72. The number of hydrogen-bond donors (Lipinski definition) is 3. The van der Waals surface area contributed by atoms with Crippen molar-refractivity contribution in [2.45, 2.75) is 39.7 Å². The lowest BCUT2D eigenvalue weighted by Gasteiger charge is -2.31. The van der Waals surface area contributed by atoms with Gasteiger partial charge in [-0.05, 0) is 12.1 Å². The number of benzene rings is 1. The molecule has 0 aromatic heterocycles. The topological polar surface area (TPSA) is 62.6 Å². The van der Waals surface area contributed by atoms with Crippen molar-refractivity contribution in [2.75, 3.05) is 25.0 Å². The van der Waals surface area contributed by atoms with Gasteiger partial charge < -0.3 is 15.5 Å². The highest BCUT2D eigenvalue weighted by Gasteiger charge is 2.28. The number of quaternary nitrogens is 1. The van der Waals surface area contributed by atoms with Crippen LogP contribution in [0.1, 0.15) is 33.6 Å². The van der Waals surface area contributed by atoms with E-state index in [0.29, 0.717) is 6.54 Å². The Hall–Kier alpha value is -1.88. The van der Waals surface area contributed by atoms with E-state index in [1.165, 1.54) is 4.90 Å². The summed E-state index contributed by atoms with van der Waals surface area (Å²) >= 11 is 0. The number of nitrogens with one attached hydrogen (secondary N) is 3. The first kappa shape index (κ1) is 17.5. The Morgan fingerprint density at radius 3 is 2.30 bits per heavy atom. The molecule has 0 spiro atoms. The fraction of sp³-hybridized carbons (Fsp3) is 0.556. The molecule has 23 heavy (non-hydrogen) atoms. The molecule has 126 valence electrons. The highest BCUT2D eigenvalue weighted by Crippen LogP contribution is 2.14. The molecular weight excluding hydrogens is 290 g/mol. The van der Waals surface area contributed by atoms with E-state index in [-0.39, 0.29) is 23.3 Å². The number of carbonyl (C=O) groups excluding carboxylic acids is 2. The van der Waals surface area contributed by atoms with Crippen molar-refractivity contribution < 1.29 is 14.5 Å². The van der Waals surface area contributed by atoms with Gasteiger partial charge in [-0.25, -0.2) is 0 Å². The van der Waals surface area contributed by atoms with Gasteiger partial charge in [0.25, 0.3) is 5.91 Å². The van der Waals surface area contributed by atoms with Crippen LogP contribution in [0.2, 0.25) is 0 Å². The van der Waals surface area contributed by atoms with Gasteiger partial charge in [-0.1, -0.05) is 39.0 Å². The normalized spacial score (nSPS) is 21.5. The van der Waals surface area contributed by atoms with Crippen molar-refractivity contribution in [1.29, 1.82) is 0 Å². The maximum Gasteiger partial charge on any atom is 0.279 e. The van der Waals surface area contributed by atoms with Gasteiger partial charge in [-0.3, -0.25) is 9.59 Å². The van der Waals surface area contributed by atoms with Crippen molar-refractivity contribution in [3.63, 3.8) is 0 Å². The molecule has 1 aromatic carbocycles. The summed E-state index contributed by atoms with van der Waals surface area (Å²) in [6.45, 7) is 8.09. The van der Waals surface area contributed by atoms with Crippen molar-refractivity contribution >= 4 is 17.5 Å². The number of anilines is 1. The summed E-state index contributed by atoms with van der Waals surface area (Å²) < 4.78 is 0. The minimum atomic E-state index is -0.348. The lowest BCUT2D eigenvalue weighted by Crippen LogP contribution is -3.14. The Bertz CT molecular complexity index is 529. The summed E-state index contributed by atoms with van der Waals surface area (Å²) in [5.41, 5.74) is 0.490. The third-order valence-electron chi connectivity index (χ3n) is 4.18. The van der Waals surface area contributed by atoms with Crippen LogP contribution in [0.5, 0.6) is 0 Å². The molecule has 1 aromatic rings. The molecule has 0 saturated carbocycles. The molecule has 5 nitrogen and oxygen atoms in total. The first-order valence-electron chi connectivity index (χ1n) is 8.34. The van der Waals surface area contributed by atoms with Crippen LogP contribution in [0.4, 0.5) is 5.69 Å². The average Bonchev–Trinajstić information content (AvgIpc) is 2.49. The molecule has 2 rings (SSSR count). The lowest BCUT2D eigenvalue weighted by molar-refractivity contribution is -0.897. The van der Waals surface area contributed by atoms with Crippen LogP contribution in [-0.2, 0) is 9.59 Å². The molecule has 1 aliphatic heterocycles. The molecule has 0 atom stereocenters. The minimum absolute atomic E-state index is 0.0448. The molecule has 1 heterocycles. The third-order valence-corrected chi connectivity index (χ3v) is 4.18. The van der Waals surface area contributed by atoms with Gasteiger partial charge in [-0.2, -0.15) is 0 Å². The summed E-state index contributed by atoms with van der Waals surface area (Å²) in [5.74, 6) is 0.149. The van der Waals surface area contributed by atoms with E-state index in [0.717, 1.165) is 31.6 Å². The Morgan fingerprint density at radius 1 is 1.13 bits per heavy atom. The van der Waals surface area contributed by atoms with E-state index in [2.05, 4.69) is 10.6 Å². The molecule has 5 heteroatoms. The number of likely N-dealkylation sites (tertiary alicyclic amines) is 1. The van der Waals surface area contributed by atoms with Gasteiger partial charge in [0.05, 0.1) is 13.1 Å². The monoisotopic (exact) mass is 318 g/mol.